The van der Waals surface area contributed by atoms with Crippen molar-refractivity contribution in [2.75, 3.05) is 11.1 Å². The van der Waals surface area contributed by atoms with Crippen LogP contribution in [-0.4, -0.2) is 21.2 Å². The van der Waals surface area contributed by atoms with Gasteiger partial charge in [0.2, 0.25) is 0 Å². The van der Waals surface area contributed by atoms with E-state index >= 15 is 0 Å². The van der Waals surface area contributed by atoms with Crippen molar-refractivity contribution in [2.24, 2.45) is 0 Å². The Bertz CT molecular complexity index is 111. The quantitative estimate of drug-likeness (QED) is 0.317. The van der Waals surface area contributed by atoms with Gasteiger partial charge in [-0.25, -0.2) is 0 Å². The van der Waals surface area contributed by atoms with E-state index in [-0.39, 0.29) is 0 Å². The lowest BCUT2D eigenvalue weighted by molar-refractivity contribution is 0.564. The van der Waals surface area contributed by atoms with Crippen LogP contribution in [0.25, 0.3) is 0 Å². The third-order valence-corrected chi connectivity index (χ3v) is 2.94. The molecule has 0 saturated heterocycles. The van der Waals surface area contributed by atoms with Crippen molar-refractivity contribution >= 4 is 32.3 Å². The molecule has 0 aromatic heterocycles. The summed E-state index contributed by atoms with van der Waals surface area (Å²) in [5.74, 6) is 1.12. The smallest absolute Gasteiger partial charge is 0.0663 e. The predicted octanol–water partition coefficient (Wildman–Crippen LogP) is 3.12. The lowest BCUT2D eigenvalue weighted by Gasteiger charge is -1.96. The van der Waals surface area contributed by atoms with E-state index in [1.54, 1.807) is 6.92 Å². The van der Waals surface area contributed by atoms with Crippen LogP contribution in [0.1, 0.15) is 32.6 Å². The van der Waals surface area contributed by atoms with Crippen molar-refractivity contribution in [3.8, 4) is 0 Å². The predicted molar refractivity (Wildman–Crippen MR) is 59.4 cm³/mol. The molecule has 0 aromatic carbocycles. The first-order valence-corrected chi connectivity index (χ1v) is 6.23. The Labute approximate surface area is 81.3 Å². The summed E-state index contributed by atoms with van der Waals surface area (Å²) in [7, 11) is 0. The first-order chi connectivity index (χ1) is 5.27. The highest BCUT2D eigenvalue weighted by atomic mass is 79.9. The summed E-state index contributed by atoms with van der Waals surface area (Å²) >= 11 is 4.50. The Balaban J connectivity index is 2.97. The van der Waals surface area contributed by atoms with E-state index in [1.165, 1.54) is 25.7 Å². The molecule has 0 aliphatic carbocycles. The molecule has 68 valence electrons. The summed E-state index contributed by atoms with van der Waals surface area (Å²) < 4.78 is 0. The summed E-state index contributed by atoms with van der Waals surface area (Å²) in [4.78, 5) is 0. The normalized spacial score (nSPS) is 12.8. The molecule has 1 N–H and O–H groups in total. The van der Waals surface area contributed by atoms with Crippen LogP contribution in [0, 0.1) is 0 Å². The van der Waals surface area contributed by atoms with Crippen molar-refractivity contribution in [1.82, 2.24) is 0 Å². The zero-order valence-corrected chi connectivity index (χ0v) is 9.50. The Kier molecular flexibility index (Phi) is 9.28. The molecule has 0 aliphatic rings. The number of halogens is 1. The monoisotopic (exact) mass is 240 g/mol. The molecule has 0 rings (SSSR count). The van der Waals surface area contributed by atoms with Gasteiger partial charge in [-0.1, -0.05) is 28.8 Å². The number of aliphatic hydroxyl groups excluding tert-OH is 1. The molecule has 0 heterocycles. The molecule has 1 nitrogen and oxygen atoms in total. The largest absolute Gasteiger partial charge is 0.360 e. The van der Waals surface area contributed by atoms with E-state index in [9.17, 15) is 0 Å². The maximum Gasteiger partial charge on any atom is 0.0663 e. The highest BCUT2D eigenvalue weighted by Gasteiger charge is 1.87. The average molecular weight is 241 g/mol. The van der Waals surface area contributed by atoms with E-state index < -0.39 is 0 Å². The molecule has 0 unspecified atom stereocenters. The lowest BCUT2D eigenvalue weighted by atomic mass is 10.2. The number of aliphatic hydroxyl groups is 1. The van der Waals surface area contributed by atoms with Gasteiger partial charge in [0, 0.05) is 5.33 Å². The second-order valence-electron chi connectivity index (χ2n) is 2.53. The molecular formula is C8H17BrOS. The molecular weight excluding hydrogens is 224 g/mol. The molecule has 0 bridgehead atoms. The van der Waals surface area contributed by atoms with Gasteiger partial charge in [0.15, 0.2) is 0 Å². The minimum atomic E-state index is 0.547. The Morgan fingerprint density at radius 1 is 1.27 bits per heavy atom. The van der Waals surface area contributed by atoms with Crippen LogP contribution < -0.4 is 0 Å². The molecule has 11 heavy (non-hydrogen) atoms. The van der Waals surface area contributed by atoms with Crippen LogP contribution in [0.4, 0.5) is 0 Å². The zero-order chi connectivity index (χ0) is 8.53. The summed E-state index contributed by atoms with van der Waals surface area (Å²) in [6.45, 7) is 1.76. The van der Waals surface area contributed by atoms with Crippen LogP contribution in [0.2, 0.25) is 0 Å². The van der Waals surface area contributed by atoms with Crippen molar-refractivity contribution in [3.63, 3.8) is 0 Å². The minimum Gasteiger partial charge on any atom is -0.360 e. The van der Waals surface area contributed by atoms with Gasteiger partial charge in [-0.05, 0) is 25.5 Å². The van der Waals surface area contributed by atoms with Crippen LogP contribution in [0.5, 0.6) is 0 Å². The third-order valence-electron chi connectivity index (χ3n) is 1.38. The van der Waals surface area contributed by atoms with Gasteiger partial charge in [-0.2, -0.15) is 11.4 Å². The summed E-state index contributed by atoms with van der Waals surface area (Å²) in [6.07, 6.45) is 5.13. The average Bonchev–Trinajstić information content (AvgIpc) is 1.96. The first-order valence-electron chi connectivity index (χ1n) is 4.03. The van der Waals surface area contributed by atoms with Crippen LogP contribution >= 0.6 is 27.3 Å². The highest BCUT2D eigenvalue weighted by Crippen LogP contribution is 2.04. The Morgan fingerprint density at radius 2 is 1.91 bits per heavy atom. The van der Waals surface area contributed by atoms with E-state index in [2.05, 4.69) is 15.9 Å². The fourth-order valence-corrected chi connectivity index (χ4v) is 1.90. The maximum absolute atomic E-state index is 8.85. The number of hydrogen-bond donors (Lipinski definition) is 2. The van der Waals surface area contributed by atoms with E-state index in [0.717, 1.165) is 22.4 Å². The molecule has 0 aromatic rings. The molecule has 0 amide bonds. The number of alkyl halides is 1. The van der Waals surface area contributed by atoms with E-state index in [1.807, 2.05) is 0 Å². The zero-order valence-electron chi connectivity index (χ0n) is 7.02. The van der Waals surface area contributed by atoms with Gasteiger partial charge in [0.25, 0.3) is 0 Å². The fourth-order valence-electron chi connectivity index (χ4n) is 0.801. The molecule has 0 radical (unpaired) electrons. The number of rotatable bonds is 6. The summed E-state index contributed by atoms with van der Waals surface area (Å²) in [6, 6.07) is 0. The lowest BCUT2D eigenvalue weighted by Crippen LogP contribution is -1.85. The number of thiol groups is 1. The van der Waals surface area contributed by atoms with Crippen LogP contribution in [0.15, 0.2) is 0 Å². The van der Waals surface area contributed by atoms with Crippen LogP contribution in [0.3, 0.4) is 0 Å². The Morgan fingerprint density at radius 3 is 2.45 bits per heavy atom. The van der Waals surface area contributed by atoms with Crippen molar-refractivity contribution in [2.45, 2.75) is 32.6 Å². The number of unbranched alkanes of at least 4 members (excludes halogenated alkanes) is 3. The summed E-state index contributed by atoms with van der Waals surface area (Å²) in [5, 5.41) is 10.5. The standard InChI is InChI=1S/C8H17BrOS/c1-8(10)11-7-5-3-2-4-6-9/h10-11H,2-7H2,1H3. The maximum atomic E-state index is 8.85. The van der Waals surface area contributed by atoms with Crippen molar-refractivity contribution < 1.29 is 5.11 Å². The van der Waals surface area contributed by atoms with Gasteiger partial charge in [0.1, 0.15) is 0 Å². The third kappa shape index (κ3) is 10.7. The van der Waals surface area contributed by atoms with Gasteiger partial charge in [-0.15, -0.1) is 0 Å². The molecule has 0 fully saturated rings. The fraction of sp³-hybridized carbons (Fsp3) is 0.875. The molecule has 0 saturated carbocycles. The molecule has 3 heteroatoms. The summed E-state index contributed by atoms with van der Waals surface area (Å²) in [5.41, 5.74) is 0. The first kappa shape index (κ1) is 11.7. The van der Waals surface area contributed by atoms with Crippen LogP contribution in [-0.2, 0) is 0 Å². The molecule has 0 aliphatic heterocycles. The van der Waals surface area contributed by atoms with E-state index in [0.29, 0.717) is 5.05 Å². The van der Waals surface area contributed by atoms with E-state index in [4.69, 9.17) is 5.11 Å². The van der Waals surface area contributed by atoms with Crippen molar-refractivity contribution in [1.29, 1.82) is 0 Å². The van der Waals surface area contributed by atoms with Gasteiger partial charge in [0.05, 0.1) is 5.05 Å². The van der Waals surface area contributed by atoms with Gasteiger partial charge >= 0.3 is 0 Å². The highest BCUT2D eigenvalue weighted by molar-refractivity contribution is 9.09. The number of hydrogen-bond acceptors (Lipinski definition) is 0. The second kappa shape index (κ2) is 8.75. The minimum absolute atomic E-state index is 0.547. The van der Waals surface area contributed by atoms with Gasteiger partial charge in [-0.3, -0.25) is 0 Å². The molecule has 0 spiro atoms. The molecule has 0 atom stereocenters. The Hall–Kier alpha value is 0.660. The topological polar surface area (TPSA) is 20.2 Å². The van der Waals surface area contributed by atoms with Gasteiger partial charge < -0.3 is 5.11 Å². The SMILES string of the molecule is CC(O)=[SH]CCCCCCBr. The second-order valence-corrected chi connectivity index (χ2v) is 4.74. The van der Waals surface area contributed by atoms with Crippen molar-refractivity contribution in [3.05, 3.63) is 0 Å².